The summed E-state index contributed by atoms with van der Waals surface area (Å²) in [7, 11) is 0. The molecule has 0 saturated heterocycles. The van der Waals surface area contributed by atoms with Crippen molar-refractivity contribution in [2.75, 3.05) is 5.73 Å². The zero-order valence-corrected chi connectivity index (χ0v) is 14.8. The van der Waals surface area contributed by atoms with Crippen LogP contribution in [0.2, 0.25) is 0 Å². The minimum Gasteiger partial charge on any atom is -0.382 e. The first-order chi connectivity index (χ1) is 12.1. The van der Waals surface area contributed by atoms with E-state index in [0.29, 0.717) is 11.5 Å². The van der Waals surface area contributed by atoms with Crippen molar-refractivity contribution in [2.24, 2.45) is 0 Å². The van der Waals surface area contributed by atoms with Crippen molar-refractivity contribution in [3.63, 3.8) is 0 Å². The van der Waals surface area contributed by atoms with E-state index < -0.39 is 0 Å². The van der Waals surface area contributed by atoms with Crippen molar-refractivity contribution < 1.29 is 0 Å². The molecular formula is C19H17N5S. The highest BCUT2D eigenvalue weighted by molar-refractivity contribution is 7.13. The van der Waals surface area contributed by atoms with Gasteiger partial charge in [-0.15, -0.1) is 16.4 Å². The molecule has 0 radical (unpaired) electrons. The zero-order chi connectivity index (χ0) is 17.4. The Hall–Kier alpha value is -2.99. The van der Waals surface area contributed by atoms with Crippen LogP contribution >= 0.6 is 11.3 Å². The van der Waals surface area contributed by atoms with E-state index in [1.54, 1.807) is 4.68 Å². The van der Waals surface area contributed by atoms with Crippen molar-refractivity contribution in [1.29, 1.82) is 0 Å². The normalized spacial score (nSPS) is 11.0. The van der Waals surface area contributed by atoms with Gasteiger partial charge in [0.25, 0.3) is 0 Å². The summed E-state index contributed by atoms with van der Waals surface area (Å²) in [5, 5.41) is 11.2. The second-order valence-electron chi connectivity index (χ2n) is 5.93. The first-order valence-corrected chi connectivity index (χ1v) is 8.81. The van der Waals surface area contributed by atoms with Gasteiger partial charge in [0.1, 0.15) is 5.01 Å². The van der Waals surface area contributed by atoms with Crippen LogP contribution in [0.25, 0.3) is 27.6 Å². The Balaban J connectivity index is 1.73. The summed E-state index contributed by atoms with van der Waals surface area (Å²) in [6.07, 6.45) is 0. The first kappa shape index (κ1) is 15.5. The van der Waals surface area contributed by atoms with Gasteiger partial charge < -0.3 is 5.73 Å². The monoisotopic (exact) mass is 347 g/mol. The summed E-state index contributed by atoms with van der Waals surface area (Å²) in [5.74, 6) is 0.493. The Morgan fingerprint density at radius 1 is 1.04 bits per heavy atom. The van der Waals surface area contributed by atoms with Crippen LogP contribution in [0.1, 0.15) is 11.1 Å². The number of anilines is 1. The van der Waals surface area contributed by atoms with E-state index in [1.807, 2.05) is 35.7 Å². The van der Waals surface area contributed by atoms with Gasteiger partial charge in [-0.2, -0.15) is 4.68 Å². The highest BCUT2D eigenvalue weighted by atomic mass is 32.1. The second kappa shape index (κ2) is 6.14. The van der Waals surface area contributed by atoms with Crippen molar-refractivity contribution in [3.8, 4) is 27.6 Å². The fraction of sp³-hybridized carbons (Fsp3) is 0.105. The second-order valence-corrected chi connectivity index (χ2v) is 6.79. The predicted octanol–water partition coefficient (Wildman–Crippen LogP) is 4.26. The Morgan fingerprint density at radius 2 is 1.84 bits per heavy atom. The molecule has 0 amide bonds. The van der Waals surface area contributed by atoms with Crippen molar-refractivity contribution >= 4 is 17.2 Å². The molecule has 0 saturated carbocycles. The number of para-hydroxylation sites is 1. The molecule has 5 nitrogen and oxygen atoms in total. The van der Waals surface area contributed by atoms with Gasteiger partial charge in [-0.05, 0) is 31.5 Å². The number of aromatic nitrogens is 4. The lowest BCUT2D eigenvalue weighted by Gasteiger charge is -2.03. The molecule has 2 aromatic heterocycles. The standard InChI is InChI=1S/C19H17N5S/c1-12-8-9-15(13(2)10-12)16-11-25-19(21-16)17-18(20)24(23-22-17)14-6-4-3-5-7-14/h3-11H,20H2,1-2H3. The van der Waals surface area contributed by atoms with Gasteiger partial charge in [-0.3, -0.25) is 0 Å². The van der Waals surface area contributed by atoms with E-state index >= 15 is 0 Å². The third-order valence-corrected chi connectivity index (χ3v) is 4.92. The maximum atomic E-state index is 6.27. The number of nitrogens with zero attached hydrogens (tertiary/aromatic N) is 4. The van der Waals surface area contributed by atoms with Crippen LogP contribution < -0.4 is 5.73 Å². The molecule has 25 heavy (non-hydrogen) atoms. The fourth-order valence-corrected chi connectivity index (χ4v) is 3.62. The third kappa shape index (κ3) is 2.81. The lowest BCUT2D eigenvalue weighted by atomic mass is 10.0. The van der Waals surface area contributed by atoms with Crippen LogP contribution in [0.5, 0.6) is 0 Å². The van der Waals surface area contributed by atoms with Crippen LogP contribution in [0.4, 0.5) is 5.82 Å². The Morgan fingerprint density at radius 3 is 2.60 bits per heavy atom. The van der Waals surface area contributed by atoms with Gasteiger partial charge >= 0.3 is 0 Å². The first-order valence-electron chi connectivity index (χ1n) is 7.93. The highest BCUT2D eigenvalue weighted by Crippen LogP contribution is 2.32. The van der Waals surface area contributed by atoms with Crippen LogP contribution in [-0.4, -0.2) is 20.0 Å². The summed E-state index contributed by atoms with van der Waals surface area (Å²) >= 11 is 1.53. The van der Waals surface area contributed by atoms with Gasteiger partial charge in [0, 0.05) is 10.9 Å². The molecule has 0 aliphatic rings. The lowest BCUT2D eigenvalue weighted by Crippen LogP contribution is -2.01. The van der Waals surface area contributed by atoms with Gasteiger partial charge in [0.2, 0.25) is 0 Å². The molecule has 2 N–H and O–H groups in total. The summed E-state index contributed by atoms with van der Waals surface area (Å²) in [5.41, 5.74) is 12.3. The van der Waals surface area contributed by atoms with E-state index in [1.165, 1.54) is 22.5 Å². The summed E-state index contributed by atoms with van der Waals surface area (Å²) < 4.78 is 1.63. The molecule has 0 bridgehead atoms. The van der Waals surface area contributed by atoms with Crippen LogP contribution in [-0.2, 0) is 0 Å². The quantitative estimate of drug-likeness (QED) is 0.601. The number of aryl methyl sites for hydroxylation is 2. The maximum absolute atomic E-state index is 6.27. The molecule has 0 unspecified atom stereocenters. The van der Waals surface area contributed by atoms with Gasteiger partial charge in [-0.1, -0.05) is 47.2 Å². The number of hydrogen-bond donors (Lipinski definition) is 1. The maximum Gasteiger partial charge on any atom is 0.165 e. The smallest absolute Gasteiger partial charge is 0.165 e. The van der Waals surface area contributed by atoms with Crippen LogP contribution in [0.3, 0.4) is 0 Å². The third-order valence-electron chi connectivity index (χ3n) is 4.07. The van der Waals surface area contributed by atoms with Crippen molar-refractivity contribution in [3.05, 3.63) is 65.0 Å². The lowest BCUT2D eigenvalue weighted by molar-refractivity contribution is 0.810. The molecule has 4 aromatic rings. The molecule has 124 valence electrons. The summed E-state index contributed by atoms with van der Waals surface area (Å²) in [6.45, 7) is 4.19. The molecule has 0 aliphatic heterocycles. The molecule has 0 fully saturated rings. The Labute approximate surface area is 149 Å². The van der Waals surface area contributed by atoms with Crippen molar-refractivity contribution in [2.45, 2.75) is 13.8 Å². The number of rotatable bonds is 3. The number of hydrogen-bond acceptors (Lipinski definition) is 5. The van der Waals surface area contributed by atoms with E-state index in [9.17, 15) is 0 Å². The highest BCUT2D eigenvalue weighted by Gasteiger charge is 2.17. The van der Waals surface area contributed by atoms with Gasteiger partial charge in [0.05, 0.1) is 11.4 Å². The zero-order valence-electron chi connectivity index (χ0n) is 14.0. The molecule has 0 atom stereocenters. The topological polar surface area (TPSA) is 69.6 Å². The summed E-state index contributed by atoms with van der Waals surface area (Å²) in [4.78, 5) is 4.73. The number of nitrogen functional groups attached to an aromatic ring is 1. The summed E-state index contributed by atoms with van der Waals surface area (Å²) in [6, 6.07) is 16.1. The molecule has 4 rings (SSSR count). The fourth-order valence-electron chi connectivity index (χ4n) is 2.81. The van der Waals surface area contributed by atoms with E-state index in [0.717, 1.165) is 22.0 Å². The van der Waals surface area contributed by atoms with Gasteiger partial charge in [0.15, 0.2) is 11.5 Å². The van der Waals surface area contributed by atoms with E-state index in [-0.39, 0.29) is 0 Å². The Bertz CT molecular complexity index is 1030. The molecule has 6 heteroatoms. The minimum atomic E-state index is 0.493. The predicted molar refractivity (Wildman–Crippen MR) is 102 cm³/mol. The number of thiazole rings is 1. The molecule has 2 aromatic carbocycles. The average molecular weight is 347 g/mol. The van der Waals surface area contributed by atoms with Crippen LogP contribution in [0, 0.1) is 13.8 Å². The SMILES string of the molecule is Cc1ccc(-c2csc(-c3nnn(-c4ccccc4)c3N)n2)c(C)c1. The largest absolute Gasteiger partial charge is 0.382 e. The molecule has 0 aliphatic carbocycles. The molecule has 0 spiro atoms. The van der Waals surface area contributed by atoms with E-state index in [4.69, 9.17) is 10.7 Å². The van der Waals surface area contributed by atoms with Gasteiger partial charge in [-0.25, -0.2) is 4.98 Å². The molecule has 2 heterocycles. The van der Waals surface area contributed by atoms with E-state index in [2.05, 4.69) is 42.4 Å². The average Bonchev–Trinajstić information content (AvgIpc) is 3.22. The van der Waals surface area contributed by atoms with Crippen LogP contribution in [0.15, 0.2) is 53.9 Å². The number of benzene rings is 2. The van der Waals surface area contributed by atoms with Crippen molar-refractivity contribution in [1.82, 2.24) is 20.0 Å². The Kier molecular flexibility index (Phi) is 3.82. The minimum absolute atomic E-state index is 0.493. The number of nitrogens with two attached hydrogens (primary N) is 1. The molecular weight excluding hydrogens is 330 g/mol.